The largest absolute Gasteiger partial charge is 0.496 e. The standard InChI is InChI=1S/C34H42O2.C22H30O2/c1-15-17(3)21(7)29-27(19(15)5)23(9)25(11)33(35-13)31(29)32-30-22(8)18(4)16(2)20(6)28(30)24(10)26(12)34(32)36-14;1-11-13(3)17(7)21(23-9)19(15(11)5)20-16(6)12(2)14(4)18(8)22(20)24-10/h1-14H3;1-10H3. The Hall–Kier alpha value is -4.96. The molecule has 6 rings (SSSR count). The van der Waals surface area contributed by atoms with E-state index < -0.39 is 0 Å². The molecule has 6 aromatic carbocycles. The van der Waals surface area contributed by atoms with Crippen molar-refractivity contribution < 1.29 is 18.9 Å². The summed E-state index contributed by atoms with van der Waals surface area (Å²) in [6.07, 6.45) is 0. The van der Waals surface area contributed by atoms with Crippen LogP contribution >= 0.6 is 0 Å². The number of rotatable bonds is 6. The van der Waals surface area contributed by atoms with Crippen molar-refractivity contribution in [3.63, 3.8) is 0 Å². The summed E-state index contributed by atoms with van der Waals surface area (Å²) in [5.41, 5.74) is 30.6. The number of methoxy groups -OCH3 is 4. The summed E-state index contributed by atoms with van der Waals surface area (Å²) in [4.78, 5) is 0. The molecular formula is C56H72O4. The van der Waals surface area contributed by atoms with Gasteiger partial charge < -0.3 is 18.9 Å². The Kier molecular flexibility index (Phi) is 12.9. The maximum atomic E-state index is 6.27. The molecule has 0 aliphatic heterocycles. The summed E-state index contributed by atoms with van der Waals surface area (Å²) in [5, 5.41) is 5.26. The highest BCUT2D eigenvalue weighted by molar-refractivity contribution is 6.16. The quantitative estimate of drug-likeness (QED) is 0.168. The number of ether oxygens (including phenoxy) is 4. The van der Waals surface area contributed by atoms with E-state index in [1.807, 2.05) is 14.2 Å². The van der Waals surface area contributed by atoms with Gasteiger partial charge in [0, 0.05) is 22.3 Å². The van der Waals surface area contributed by atoms with Crippen LogP contribution in [0.2, 0.25) is 0 Å². The lowest BCUT2D eigenvalue weighted by Gasteiger charge is -2.28. The Morgan fingerprint density at radius 1 is 0.167 bits per heavy atom. The van der Waals surface area contributed by atoms with Crippen molar-refractivity contribution in [3.05, 3.63) is 111 Å². The van der Waals surface area contributed by atoms with E-state index in [-0.39, 0.29) is 0 Å². The second kappa shape index (κ2) is 16.8. The third-order valence-corrected chi connectivity index (χ3v) is 15.5. The average Bonchev–Trinajstić information content (AvgIpc) is 3.23. The molecule has 4 nitrogen and oxygen atoms in total. The summed E-state index contributed by atoms with van der Waals surface area (Å²) in [6.45, 7) is 44.3. The molecule has 0 bridgehead atoms. The second-order valence-electron chi connectivity index (χ2n) is 17.6. The fraction of sp³-hybridized carbons (Fsp3) is 0.429. The van der Waals surface area contributed by atoms with E-state index >= 15 is 0 Å². The monoisotopic (exact) mass is 809 g/mol. The third kappa shape index (κ3) is 6.64. The van der Waals surface area contributed by atoms with Crippen LogP contribution < -0.4 is 18.9 Å². The highest BCUT2D eigenvalue weighted by atomic mass is 16.5. The first-order valence-corrected chi connectivity index (χ1v) is 21.4. The molecule has 320 valence electrons. The van der Waals surface area contributed by atoms with Crippen molar-refractivity contribution in [1.82, 2.24) is 0 Å². The van der Waals surface area contributed by atoms with E-state index in [9.17, 15) is 0 Å². The molecule has 4 heteroatoms. The van der Waals surface area contributed by atoms with Crippen molar-refractivity contribution in [1.29, 1.82) is 0 Å². The van der Waals surface area contributed by atoms with Crippen LogP contribution in [0.3, 0.4) is 0 Å². The fourth-order valence-electron chi connectivity index (χ4n) is 10.2. The van der Waals surface area contributed by atoms with Crippen LogP contribution in [0.5, 0.6) is 23.0 Å². The van der Waals surface area contributed by atoms with Crippen LogP contribution in [0, 0.1) is 138 Å². The SMILES string of the molecule is COc1c(C)c(C)c(C)c(C)c1-c1c(C)c(C)c(C)c(C)c1OC.COc1c(C)c(C)c2c(C)c(C)c(C)c(C)c2c1-c1c(OC)c(C)c(C)c2c(C)c(C)c(C)c(C)c12. The van der Waals surface area contributed by atoms with Gasteiger partial charge in [-0.3, -0.25) is 0 Å². The summed E-state index contributed by atoms with van der Waals surface area (Å²) in [5.74, 6) is 3.81. The van der Waals surface area contributed by atoms with E-state index in [1.54, 1.807) is 14.2 Å². The van der Waals surface area contributed by atoms with Gasteiger partial charge in [-0.05, 0) is 271 Å². The van der Waals surface area contributed by atoms with Crippen LogP contribution in [-0.2, 0) is 0 Å². The Balaban J connectivity index is 0.000000247. The highest BCUT2D eigenvalue weighted by Gasteiger charge is 2.30. The van der Waals surface area contributed by atoms with Gasteiger partial charge in [-0.25, -0.2) is 0 Å². The zero-order valence-electron chi connectivity index (χ0n) is 41.6. The van der Waals surface area contributed by atoms with Crippen LogP contribution in [0.4, 0.5) is 0 Å². The van der Waals surface area contributed by atoms with Crippen LogP contribution in [0.15, 0.2) is 0 Å². The molecule has 0 atom stereocenters. The first-order valence-electron chi connectivity index (χ1n) is 21.4. The highest BCUT2D eigenvalue weighted by Crippen LogP contribution is 2.54. The average molecular weight is 809 g/mol. The van der Waals surface area contributed by atoms with Gasteiger partial charge in [0.05, 0.1) is 28.4 Å². The summed E-state index contributed by atoms with van der Waals surface area (Å²) >= 11 is 0. The topological polar surface area (TPSA) is 36.9 Å². The Labute approximate surface area is 362 Å². The molecule has 0 aliphatic carbocycles. The third-order valence-electron chi connectivity index (χ3n) is 15.5. The van der Waals surface area contributed by atoms with Gasteiger partial charge in [0.25, 0.3) is 0 Å². The van der Waals surface area contributed by atoms with E-state index in [0.717, 1.165) is 34.1 Å². The van der Waals surface area contributed by atoms with Gasteiger partial charge in [-0.2, -0.15) is 0 Å². The molecule has 6 aromatic rings. The molecule has 0 unspecified atom stereocenters. The molecule has 0 aromatic heterocycles. The van der Waals surface area contributed by atoms with Crippen molar-refractivity contribution in [3.8, 4) is 45.3 Å². The predicted octanol–water partition coefficient (Wildman–Crippen LogP) is 15.2. The molecule has 0 amide bonds. The van der Waals surface area contributed by atoms with Crippen LogP contribution in [-0.4, -0.2) is 28.4 Å². The molecule has 0 saturated carbocycles. The smallest absolute Gasteiger partial charge is 0.130 e. The number of aryl methyl sites for hydroxylation is 6. The van der Waals surface area contributed by atoms with Crippen LogP contribution in [0.25, 0.3) is 43.8 Å². The lowest BCUT2D eigenvalue weighted by atomic mass is 9.78. The van der Waals surface area contributed by atoms with Gasteiger partial charge in [0.1, 0.15) is 23.0 Å². The first kappa shape index (κ1) is 46.1. The van der Waals surface area contributed by atoms with Crippen molar-refractivity contribution in [2.24, 2.45) is 0 Å². The van der Waals surface area contributed by atoms with E-state index in [2.05, 4.69) is 138 Å². The van der Waals surface area contributed by atoms with E-state index in [0.29, 0.717) is 0 Å². The lowest BCUT2D eigenvalue weighted by molar-refractivity contribution is 0.406. The Bertz CT molecular complexity index is 2580. The first-order chi connectivity index (χ1) is 28.0. The maximum Gasteiger partial charge on any atom is 0.130 e. The Morgan fingerprint density at radius 2 is 0.333 bits per heavy atom. The molecule has 0 radical (unpaired) electrons. The molecular weight excluding hydrogens is 737 g/mol. The van der Waals surface area contributed by atoms with Gasteiger partial charge in [0.2, 0.25) is 0 Å². The van der Waals surface area contributed by atoms with Gasteiger partial charge in [-0.15, -0.1) is 0 Å². The number of fused-ring (bicyclic) bond motifs is 2. The zero-order chi connectivity index (χ0) is 45.3. The molecule has 0 heterocycles. The number of benzene rings is 6. The van der Waals surface area contributed by atoms with E-state index in [4.69, 9.17) is 18.9 Å². The van der Waals surface area contributed by atoms with Crippen LogP contribution in [0.1, 0.15) is 111 Å². The molecule has 0 N–H and O–H groups in total. The maximum absolute atomic E-state index is 6.27. The van der Waals surface area contributed by atoms with Crippen molar-refractivity contribution >= 4 is 21.5 Å². The predicted molar refractivity (Wildman–Crippen MR) is 260 cm³/mol. The summed E-state index contributed by atoms with van der Waals surface area (Å²) in [7, 11) is 7.14. The van der Waals surface area contributed by atoms with Crippen molar-refractivity contribution in [2.45, 2.75) is 138 Å². The fourth-order valence-corrected chi connectivity index (χ4v) is 10.2. The van der Waals surface area contributed by atoms with Gasteiger partial charge in [-0.1, -0.05) is 0 Å². The van der Waals surface area contributed by atoms with E-state index in [1.165, 1.54) is 144 Å². The molecule has 0 fully saturated rings. The zero-order valence-corrected chi connectivity index (χ0v) is 41.6. The normalized spacial score (nSPS) is 11.3. The molecule has 60 heavy (non-hydrogen) atoms. The summed E-state index contributed by atoms with van der Waals surface area (Å²) < 4.78 is 24.3. The molecule has 0 aliphatic rings. The Morgan fingerprint density at radius 3 is 0.583 bits per heavy atom. The minimum Gasteiger partial charge on any atom is -0.496 e. The second-order valence-corrected chi connectivity index (χ2v) is 17.6. The molecule has 0 spiro atoms. The van der Waals surface area contributed by atoms with Gasteiger partial charge >= 0.3 is 0 Å². The van der Waals surface area contributed by atoms with Crippen molar-refractivity contribution in [2.75, 3.05) is 28.4 Å². The summed E-state index contributed by atoms with van der Waals surface area (Å²) in [6, 6.07) is 0. The number of hydrogen-bond donors (Lipinski definition) is 0. The minimum absolute atomic E-state index is 0.948. The number of hydrogen-bond acceptors (Lipinski definition) is 4. The lowest BCUT2D eigenvalue weighted by Crippen LogP contribution is -2.06. The minimum atomic E-state index is 0.948. The van der Waals surface area contributed by atoms with Gasteiger partial charge in [0.15, 0.2) is 0 Å². The molecule has 0 saturated heterocycles.